The number of esters is 1. The van der Waals surface area contributed by atoms with Gasteiger partial charge in [-0.1, -0.05) is 54.1 Å². The molecule has 0 radical (unpaired) electrons. The van der Waals surface area contributed by atoms with Crippen LogP contribution in [0.5, 0.6) is 0 Å². The first kappa shape index (κ1) is 24.7. The molecule has 0 aliphatic heterocycles. The molecular weight excluding hydrogens is 444 g/mol. The van der Waals surface area contributed by atoms with E-state index in [0.717, 1.165) is 41.0 Å². The highest BCUT2D eigenvalue weighted by Gasteiger charge is 2.31. The van der Waals surface area contributed by atoms with Crippen molar-refractivity contribution in [2.24, 2.45) is 11.8 Å². The lowest BCUT2D eigenvalue weighted by Gasteiger charge is -2.13. The summed E-state index contributed by atoms with van der Waals surface area (Å²) >= 11 is 8.19. The molecule has 0 amide bonds. The Morgan fingerprint density at radius 1 is 1.34 bits per heavy atom. The third kappa shape index (κ3) is 6.77. The number of benzene rings is 1. The van der Waals surface area contributed by atoms with Crippen molar-refractivity contribution in [1.82, 2.24) is 0 Å². The van der Waals surface area contributed by atoms with Gasteiger partial charge in [-0.25, -0.2) is 0 Å². The van der Waals surface area contributed by atoms with Crippen LogP contribution in [-0.2, 0) is 20.7 Å². The van der Waals surface area contributed by atoms with Gasteiger partial charge in [0.15, 0.2) is 0 Å². The third-order valence-corrected chi connectivity index (χ3v) is 7.81. The first-order valence-electron chi connectivity index (χ1n) is 11.3. The highest BCUT2D eigenvalue weighted by atomic mass is 35.5. The maximum absolute atomic E-state index is 12.3. The number of aliphatic hydroxyl groups excluding tert-OH is 1. The van der Waals surface area contributed by atoms with Gasteiger partial charge in [-0.05, 0) is 50.5 Å². The average Bonchev–Trinajstić information content (AvgIpc) is 3.32. The van der Waals surface area contributed by atoms with E-state index in [1.165, 1.54) is 11.8 Å². The van der Waals surface area contributed by atoms with Gasteiger partial charge in [-0.2, -0.15) is 0 Å². The molecular formula is C26H31ClO4S. The summed E-state index contributed by atoms with van der Waals surface area (Å²) in [5, 5.41) is 12.3. The Balaban J connectivity index is 1.46. The second kappa shape index (κ2) is 12.3. The molecule has 3 rings (SSSR count). The number of methoxy groups -OCH3 is 1. The normalized spacial score (nSPS) is 20.0. The molecule has 1 saturated carbocycles. The van der Waals surface area contributed by atoms with E-state index in [0.29, 0.717) is 31.5 Å². The van der Waals surface area contributed by atoms with Crippen LogP contribution in [0.25, 0.3) is 10.1 Å². The Labute approximate surface area is 198 Å². The van der Waals surface area contributed by atoms with Gasteiger partial charge in [0.25, 0.3) is 0 Å². The first-order chi connectivity index (χ1) is 15.5. The summed E-state index contributed by atoms with van der Waals surface area (Å²) in [6.07, 6.45) is 12.9. The summed E-state index contributed by atoms with van der Waals surface area (Å²) in [4.78, 5) is 24.5. The third-order valence-electron chi connectivity index (χ3n) is 6.04. The van der Waals surface area contributed by atoms with Gasteiger partial charge in [-0.15, -0.1) is 11.3 Å². The van der Waals surface area contributed by atoms with Crippen LogP contribution >= 0.6 is 22.9 Å². The van der Waals surface area contributed by atoms with E-state index in [9.17, 15) is 14.7 Å². The predicted octanol–water partition coefficient (Wildman–Crippen LogP) is 6.29. The molecule has 1 fully saturated rings. The molecule has 32 heavy (non-hydrogen) atoms. The quantitative estimate of drug-likeness (QED) is 0.236. The van der Waals surface area contributed by atoms with Crippen LogP contribution in [0.1, 0.15) is 49.8 Å². The van der Waals surface area contributed by atoms with Gasteiger partial charge in [0.2, 0.25) is 0 Å². The minimum atomic E-state index is -0.554. The monoisotopic (exact) mass is 474 g/mol. The van der Waals surface area contributed by atoms with Crippen LogP contribution in [0.2, 0.25) is 5.02 Å². The number of carbonyl (C=O) groups excluding carboxylic acids is 2. The van der Waals surface area contributed by atoms with Crippen LogP contribution in [0.4, 0.5) is 0 Å². The minimum Gasteiger partial charge on any atom is -0.469 e. The number of allylic oxidation sites excluding steroid dienone is 3. The number of aryl methyl sites for hydroxylation is 1. The molecule has 1 aromatic carbocycles. The molecule has 6 heteroatoms. The Hall–Kier alpha value is -1.95. The molecule has 1 aromatic heterocycles. The molecule has 1 N–H and O–H groups in total. The van der Waals surface area contributed by atoms with Gasteiger partial charge < -0.3 is 9.84 Å². The summed E-state index contributed by atoms with van der Waals surface area (Å²) in [6.45, 7) is 0. The molecule has 1 aliphatic rings. The number of carbonyl (C=O) groups is 2. The SMILES string of the molecule is COC(=O)CCCC=CC[C@H]1C(=O)CC[C@@H]1C=CC(O)CCc1sc2ccccc2c1Cl. The summed E-state index contributed by atoms with van der Waals surface area (Å²) in [7, 11) is 1.40. The molecule has 0 spiro atoms. The maximum Gasteiger partial charge on any atom is 0.305 e. The largest absolute Gasteiger partial charge is 0.469 e. The summed E-state index contributed by atoms with van der Waals surface area (Å²) in [6, 6.07) is 8.09. The minimum absolute atomic E-state index is 0.0210. The second-order valence-corrected chi connectivity index (χ2v) is 9.79. The fourth-order valence-corrected chi connectivity index (χ4v) is 5.71. The lowest BCUT2D eigenvalue weighted by atomic mass is 9.91. The van der Waals surface area contributed by atoms with Crippen molar-refractivity contribution in [3.05, 3.63) is 58.5 Å². The number of hydrogen-bond acceptors (Lipinski definition) is 5. The van der Waals surface area contributed by atoms with E-state index in [1.54, 1.807) is 11.3 Å². The molecule has 4 nitrogen and oxygen atoms in total. The number of aliphatic hydroxyl groups is 1. The lowest BCUT2D eigenvalue weighted by Crippen LogP contribution is -2.13. The second-order valence-electron chi connectivity index (χ2n) is 8.28. The van der Waals surface area contributed by atoms with E-state index in [-0.39, 0.29) is 17.8 Å². The molecule has 0 bridgehead atoms. The van der Waals surface area contributed by atoms with E-state index in [4.69, 9.17) is 11.6 Å². The molecule has 1 heterocycles. The van der Waals surface area contributed by atoms with E-state index in [1.807, 2.05) is 42.5 Å². The number of fused-ring (bicyclic) bond motifs is 1. The Kier molecular flexibility index (Phi) is 9.51. The number of ketones is 1. The van der Waals surface area contributed by atoms with Gasteiger partial charge in [0.05, 0.1) is 18.2 Å². The van der Waals surface area contributed by atoms with Crippen LogP contribution in [0.3, 0.4) is 0 Å². The summed E-state index contributed by atoms with van der Waals surface area (Å²) in [5.74, 6) is 0.255. The predicted molar refractivity (Wildman–Crippen MR) is 131 cm³/mol. The molecule has 1 aliphatic carbocycles. The van der Waals surface area contributed by atoms with Crippen molar-refractivity contribution < 1.29 is 19.4 Å². The number of ether oxygens (including phenoxy) is 1. The standard InChI is InChI=1S/C26H31ClO4S/c1-31-25(30)11-5-3-2-4-8-20-18(13-16-22(20)29)12-14-19(28)15-17-24-26(27)21-9-6-7-10-23(21)32-24/h2,4,6-7,9-10,12,14,18-20,28H,3,5,8,11,13,15-17H2,1H3/t18-,19?,20+/m0/s1. The van der Waals surface area contributed by atoms with Crippen molar-refractivity contribution in [3.8, 4) is 0 Å². The molecule has 172 valence electrons. The van der Waals surface area contributed by atoms with Crippen LogP contribution in [-0.4, -0.2) is 30.1 Å². The van der Waals surface area contributed by atoms with Crippen molar-refractivity contribution in [3.63, 3.8) is 0 Å². The number of halogens is 1. The zero-order chi connectivity index (χ0) is 22.9. The zero-order valence-corrected chi connectivity index (χ0v) is 20.0. The lowest BCUT2D eigenvalue weighted by molar-refractivity contribution is -0.140. The van der Waals surface area contributed by atoms with Crippen LogP contribution in [0.15, 0.2) is 48.6 Å². The Morgan fingerprint density at radius 2 is 2.16 bits per heavy atom. The fourth-order valence-electron chi connectivity index (χ4n) is 4.17. The molecule has 3 atom stereocenters. The van der Waals surface area contributed by atoms with E-state index < -0.39 is 6.10 Å². The summed E-state index contributed by atoms with van der Waals surface area (Å²) in [5.41, 5.74) is 0. The van der Waals surface area contributed by atoms with E-state index >= 15 is 0 Å². The smallest absolute Gasteiger partial charge is 0.305 e. The van der Waals surface area contributed by atoms with Gasteiger partial charge in [0, 0.05) is 33.7 Å². The van der Waals surface area contributed by atoms with Crippen LogP contribution < -0.4 is 0 Å². The molecule has 2 aromatic rings. The number of thiophene rings is 1. The van der Waals surface area contributed by atoms with Crippen molar-refractivity contribution >= 4 is 44.8 Å². The number of unbranched alkanes of at least 4 members (excludes halogenated alkanes) is 1. The van der Waals surface area contributed by atoms with Gasteiger partial charge >= 0.3 is 5.97 Å². The zero-order valence-electron chi connectivity index (χ0n) is 18.5. The van der Waals surface area contributed by atoms with Gasteiger partial charge in [0.1, 0.15) is 5.78 Å². The Bertz CT molecular complexity index is 977. The van der Waals surface area contributed by atoms with Crippen LogP contribution in [0, 0.1) is 11.8 Å². The number of Topliss-reactive ketones (excluding diaryl/α,β-unsaturated/α-hetero) is 1. The maximum atomic E-state index is 12.3. The van der Waals surface area contributed by atoms with Gasteiger partial charge in [-0.3, -0.25) is 9.59 Å². The molecule has 1 unspecified atom stereocenters. The fraction of sp³-hybridized carbons (Fsp3) is 0.462. The topological polar surface area (TPSA) is 63.6 Å². The number of hydrogen-bond donors (Lipinski definition) is 1. The highest BCUT2D eigenvalue weighted by Crippen LogP contribution is 2.36. The summed E-state index contributed by atoms with van der Waals surface area (Å²) < 4.78 is 5.80. The highest BCUT2D eigenvalue weighted by molar-refractivity contribution is 7.19. The van der Waals surface area contributed by atoms with E-state index in [2.05, 4.69) is 10.8 Å². The average molecular weight is 475 g/mol. The number of rotatable bonds is 11. The Morgan fingerprint density at radius 3 is 2.94 bits per heavy atom. The molecule has 0 saturated heterocycles. The first-order valence-corrected chi connectivity index (χ1v) is 12.5. The van der Waals surface area contributed by atoms with Crippen molar-refractivity contribution in [2.75, 3.05) is 7.11 Å². The van der Waals surface area contributed by atoms with Crippen molar-refractivity contribution in [2.45, 2.75) is 57.5 Å². The van der Waals surface area contributed by atoms with Crippen molar-refractivity contribution in [1.29, 1.82) is 0 Å².